The van der Waals surface area contributed by atoms with Crippen LogP contribution in [0.25, 0.3) is 0 Å². The summed E-state index contributed by atoms with van der Waals surface area (Å²) >= 11 is 0. The molecule has 1 fully saturated rings. The smallest absolute Gasteiger partial charge is 0.127 e. The first kappa shape index (κ1) is 19.1. The first-order chi connectivity index (χ1) is 8.76. The molecule has 1 atom stereocenters. The van der Waals surface area contributed by atoms with E-state index in [1.807, 2.05) is 12.1 Å². The Morgan fingerprint density at radius 3 is 2.55 bits per heavy atom. The van der Waals surface area contributed by atoms with Crippen LogP contribution in [0.5, 0.6) is 11.5 Å². The molecule has 0 unspecified atom stereocenters. The minimum Gasteiger partial charge on any atom is -0.508 e. The highest BCUT2D eigenvalue weighted by atomic mass is 35.5. The number of halogens is 2. The maximum Gasteiger partial charge on any atom is 0.127 e. The predicted octanol–water partition coefficient (Wildman–Crippen LogP) is 2.38. The van der Waals surface area contributed by atoms with Crippen molar-refractivity contribution < 1.29 is 9.84 Å². The number of aromatic hydroxyl groups is 1. The summed E-state index contributed by atoms with van der Waals surface area (Å²) in [5, 5.41) is 12.8. The molecule has 0 aromatic heterocycles. The molecule has 4 nitrogen and oxygen atoms in total. The van der Waals surface area contributed by atoms with E-state index in [0.29, 0.717) is 5.75 Å². The van der Waals surface area contributed by atoms with Crippen LogP contribution in [0.3, 0.4) is 0 Å². The van der Waals surface area contributed by atoms with Gasteiger partial charge in [-0.05, 0) is 12.1 Å². The lowest BCUT2D eigenvalue weighted by atomic mass is 10.0. The SMILES string of the molecule is C=C[C@H](c1ccc(O)cc1OC)N1CCNCC1.Cl.Cl. The van der Waals surface area contributed by atoms with Gasteiger partial charge in [-0.1, -0.05) is 6.08 Å². The van der Waals surface area contributed by atoms with Crippen LogP contribution in [-0.4, -0.2) is 43.3 Å². The second kappa shape index (κ2) is 9.08. The van der Waals surface area contributed by atoms with Gasteiger partial charge in [-0.25, -0.2) is 0 Å². The Balaban J connectivity index is 0.00000180. The van der Waals surface area contributed by atoms with Gasteiger partial charge < -0.3 is 15.2 Å². The number of nitrogens with zero attached hydrogens (tertiary/aromatic N) is 1. The topological polar surface area (TPSA) is 44.7 Å². The summed E-state index contributed by atoms with van der Waals surface area (Å²) in [6.45, 7) is 7.89. The highest BCUT2D eigenvalue weighted by molar-refractivity contribution is 5.85. The molecule has 2 rings (SSSR count). The Labute approximate surface area is 132 Å². The van der Waals surface area contributed by atoms with Crippen LogP contribution >= 0.6 is 24.8 Å². The zero-order valence-electron chi connectivity index (χ0n) is 11.5. The van der Waals surface area contributed by atoms with Crippen LogP contribution < -0.4 is 10.1 Å². The Kier molecular flexibility index (Phi) is 8.65. The minimum absolute atomic E-state index is 0. The molecular weight excluding hydrogens is 299 g/mol. The number of ether oxygens (including phenoxy) is 1. The molecule has 114 valence electrons. The molecular formula is C14H22Cl2N2O2. The molecule has 1 aromatic carbocycles. The molecule has 20 heavy (non-hydrogen) atoms. The predicted molar refractivity (Wildman–Crippen MR) is 86.5 cm³/mol. The largest absolute Gasteiger partial charge is 0.508 e. The maximum atomic E-state index is 9.50. The molecule has 6 heteroatoms. The number of hydrogen-bond acceptors (Lipinski definition) is 4. The molecule has 0 saturated carbocycles. The van der Waals surface area contributed by atoms with Crippen LogP contribution in [0.4, 0.5) is 0 Å². The van der Waals surface area contributed by atoms with Crippen molar-refractivity contribution in [1.82, 2.24) is 10.2 Å². The van der Waals surface area contributed by atoms with E-state index < -0.39 is 0 Å². The average molecular weight is 321 g/mol. The molecule has 0 bridgehead atoms. The second-order valence-electron chi connectivity index (χ2n) is 4.39. The molecule has 2 N–H and O–H groups in total. The summed E-state index contributed by atoms with van der Waals surface area (Å²) in [6, 6.07) is 5.37. The zero-order valence-corrected chi connectivity index (χ0v) is 13.2. The van der Waals surface area contributed by atoms with Gasteiger partial charge in [0, 0.05) is 37.8 Å². The number of nitrogens with one attached hydrogen (secondary N) is 1. The van der Waals surface area contributed by atoms with E-state index in [1.165, 1.54) is 0 Å². The fraction of sp³-hybridized carbons (Fsp3) is 0.429. The van der Waals surface area contributed by atoms with E-state index in [2.05, 4.69) is 16.8 Å². The highest BCUT2D eigenvalue weighted by Crippen LogP contribution is 2.32. The average Bonchev–Trinajstić information content (AvgIpc) is 2.42. The van der Waals surface area contributed by atoms with Crippen molar-refractivity contribution in [3.8, 4) is 11.5 Å². The summed E-state index contributed by atoms with van der Waals surface area (Å²) in [4.78, 5) is 2.36. The van der Waals surface area contributed by atoms with Gasteiger partial charge in [0.2, 0.25) is 0 Å². The van der Waals surface area contributed by atoms with E-state index in [4.69, 9.17) is 4.74 Å². The van der Waals surface area contributed by atoms with Crippen molar-refractivity contribution in [1.29, 1.82) is 0 Å². The third-order valence-corrected chi connectivity index (χ3v) is 3.30. The molecule has 1 aromatic rings. The van der Waals surface area contributed by atoms with Crippen molar-refractivity contribution in [2.24, 2.45) is 0 Å². The minimum atomic E-state index is 0. The molecule has 1 heterocycles. The van der Waals surface area contributed by atoms with E-state index >= 15 is 0 Å². The van der Waals surface area contributed by atoms with E-state index in [1.54, 1.807) is 19.2 Å². The number of phenols is 1. The lowest BCUT2D eigenvalue weighted by molar-refractivity contribution is 0.200. The normalized spacial score (nSPS) is 16.4. The third kappa shape index (κ3) is 4.28. The molecule has 1 aliphatic heterocycles. The zero-order chi connectivity index (χ0) is 13.0. The van der Waals surface area contributed by atoms with E-state index in [-0.39, 0.29) is 36.6 Å². The van der Waals surface area contributed by atoms with Crippen molar-refractivity contribution in [2.45, 2.75) is 6.04 Å². The molecule has 1 aliphatic rings. The quantitative estimate of drug-likeness (QED) is 0.836. The van der Waals surface area contributed by atoms with Crippen LogP contribution in [0, 0.1) is 0 Å². The Bertz CT molecular complexity index is 424. The standard InChI is InChI=1S/C14H20N2O2.2ClH/c1-3-13(16-8-6-15-7-9-16)12-5-4-11(17)10-14(12)18-2;;/h3-5,10,13,15,17H,1,6-9H2,2H3;2*1H/t13-;;/m1../s1. The molecule has 0 amide bonds. The number of piperazine rings is 1. The Morgan fingerprint density at radius 1 is 1.35 bits per heavy atom. The Hall–Kier alpha value is -0.940. The van der Waals surface area contributed by atoms with Gasteiger partial charge >= 0.3 is 0 Å². The van der Waals surface area contributed by atoms with Crippen molar-refractivity contribution in [3.63, 3.8) is 0 Å². The first-order valence-corrected chi connectivity index (χ1v) is 6.20. The molecule has 0 spiro atoms. The van der Waals surface area contributed by atoms with Crippen molar-refractivity contribution in [3.05, 3.63) is 36.4 Å². The van der Waals surface area contributed by atoms with Crippen LogP contribution in [0.2, 0.25) is 0 Å². The van der Waals surface area contributed by atoms with Crippen molar-refractivity contribution in [2.75, 3.05) is 33.3 Å². The number of rotatable bonds is 4. The lowest BCUT2D eigenvalue weighted by Crippen LogP contribution is -2.44. The van der Waals surface area contributed by atoms with Gasteiger partial charge in [0.25, 0.3) is 0 Å². The van der Waals surface area contributed by atoms with Gasteiger partial charge in [0.05, 0.1) is 13.2 Å². The number of hydrogen-bond donors (Lipinski definition) is 2. The fourth-order valence-electron chi connectivity index (χ4n) is 2.38. The highest BCUT2D eigenvalue weighted by Gasteiger charge is 2.22. The number of benzene rings is 1. The van der Waals surface area contributed by atoms with Crippen molar-refractivity contribution >= 4 is 24.8 Å². The molecule has 0 aliphatic carbocycles. The van der Waals surface area contributed by atoms with Crippen LogP contribution in [0.15, 0.2) is 30.9 Å². The third-order valence-electron chi connectivity index (χ3n) is 3.30. The van der Waals surface area contributed by atoms with Crippen LogP contribution in [-0.2, 0) is 0 Å². The lowest BCUT2D eigenvalue weighted by Gasteiger charge is -2.34. The molecule has 1 saturated heterocycles. The Morgan fingerprint density at radius 2 is 2.00 bits per heavy atom. The van der Waals surface area contributed by atoms with E-state index in [0.717, 1.165) is 31.7 Å². The van der Waals surface area contributed by atoms with Gasteiger partial charge in [-0.3, -0.25) is 4.90 Å². The first-order valence-electron chi connectivity index (χ1n) is 6.20. The van der Waals surface area contributed by atoms with Gasteiger partial charge in [-0.15, -0.1) is 31.4 Å². The number of methoxy groups -OCH3 is 1. The maximum absolute atomic E-state index is 9.50. The summed E-state index contributed by atoms with van der Waals surface area (Å²) in [7, 11) is 1.62. The van der Waals surface area contributed by atoms with Gasteiger partial charge in [0.1, 0.15) is 11.5 Å². The monoisotopic (exact) mass is 320 g/mol. The summed E-state index contributed by atoms with van der Waals surface area (Å²) < 4.78 is 5.35. The van der Waals surface area contributed by atoms with E-state index in [9.17, 15) is 5.11 Å². The summed E-state index contributed by atoms with van der Waals surface area (Å²) in [5.41, 5.74) is 1.05. The molecule has 0 radical (unpaired) electrons. The summed E-state index contributed by atoms with van der Waals surface area (Å²) in [5.74, 6) is 0.928. The van der Waals surface area contributed by atoms with Crippen LogP contribution in [0.1, 0.15) is 11.6 Å². The van der Waals surface area contributed by atoms with Gasteiger partial charge in [-0.2, -0.15) is 0 Å². The second-order valence-corrected chi connectivity index (χ2v) is 4.39. The van der Waals surface area contributed by atoms with Gasteiger partial charge in [0.15, 0.2) is 0 Å². The number of phenolic OH excluding ortho intramolecular Hbond substituents is 1. The summed E-state index contributed by atoms with van der Waals surface area (Å²) in [6.07, 6.45) is 1.93. The fourth-order valence-corrected chi connectivity index (χ4v) is 2.38.